The second-order valence-electron chi connectivity index (χ2n) is 6.95. The van der Waals surface area contributed by atoms with E-state index < -0.39 is 15.9 Å². The van der Waals surface area contributed by atoms with Gasteiger partial charge in [-0.2, -0.15) is 0 Å². The SMILES string of the molecule is CC1(C)O[C@H]2[C@H]3[C@@H](CO[C@@]2(COCc2ccccc2)O1)C3(Cl)Cl. The molecular formula is C17H20Cl2O4. The Morgan fingerprint density at radius 3 is 2.70 bits per heavy atom. The van der Waals surface area contributed by atoms with Crippen LogP contribution in [-0.4, -0.2) is 35.2 Å². The molecule has 2 aliphatic heterocycles. The maximum Gasteiger partial charge on any atom is 0.222 e. The molecule has 0 spiro atoms. The van der Waals surface area contributed by atoms with E-state index in [1.54, 1.807) is 0 Å². The molecular weight excluding hydrogens is 339 g/mol. The summed E-state index contributed by atoms with van der Waals surface area (Å²) in [6.45, 7) is 4.97. The van der Waals surface area contributed by atoms with Crippen LogP contribution < -0.4 is 0 Å². The van der Waals surface area contributed by atoms with Gasteiger partial charge >= 0.3 is 0 Å². The van der Waals surface area contributed by atoms with E-state index in [0.29, 0.717) is 13.2 Å². The fraction of sp³-hybridized carbons (Fsp3) is 0.647. The molecule has 0 aromatic heterocycles. The topological polar surface area (TPSA) is 36.9 Å². The number of hydrogen-bond donors (Lipinski definition) is 0. The van der Waals surface area contributed by atoms with Gasteiger partial charge in [-0.15, -0.1) is 23.2 Å². The summed E-state index contributed by atoms with van der Waals surface area (Å²) in [5.41, 5.74) is 1.10. The number of benzene rings is 1. The van der Waals surface area contributed by atoms with Gasteiger partial charge in [-0.25, -0.2) is 0 Å². The Hall–Kier alpha value is -0.360. The lowest BCUT2D eigenvalue weighted by Gasteiger charge is -2.35. The Bertz CT molecular complexity index is 592. The van der Waals surface area contributed by atoms with Crippen molar-refractivity contribution in [2.24, 2.45) is 11.8 Å². The Labute approximate surface area is 145 Å². The lowest BCUT2D eigenvalue weighted by atomic mass is 10.0. The molecule has 1 saturated carbocycles. The Balaban J connectivity index is 1.48. The molecule has 126 valence electrons. The fourth-order valence-corrected chi connectivity index (χ4v) is 4.47. The third-order valence-electron chi connectivity index (χ3n) is 4.77. The summed E-state index contributed by atoms with van der Waals surface area (Å²) in [6.07, 6.45) is -0.318. The van der Waals surface area contributed by atoms with Crippen LogP contribution in [0.25, 0.3) is 0 Å². The van der Waals surface area contributed by atoms with Crippen LogP contribution in [0.4, 0.5) is 0 Å². The summed E-state index contributed by atoms with van der Waals surface area (Å²) in [4.78, 5) is 0. The molecule has 4 atom stereocenters. The second-order valence-corrected chi connectivity index (χ2v) is 8.39. The van der Waals surface area contributed by atoms with Gasteiger partial charge in [0.15, 0.2) is 5.79 Å². The lowest BCUT2D eigenvalue weighted by molar-refractivity contribution is -0.286. The molecule has 2 saturated heterocycles. The number of hydrogen-bond acceptors (Lipinski definition) is 4. The summed E-state index contributed by atoms with van der Waals surface area (Å²) in [6, 6.07) is 9.99. The first-order chi connectivity index (χ1) is 10.8. The van der Waals surface area contributed by atoms with Crippen LogP contribution in [0.15, 0.2) is 30.3 Å². The van der Waals surface area contributed by atoms with Crippen molar-refractivity contribution in [3.63, 3.8) is 0 Å². The fourth-order valence-electron chi connectivity index (χ4n) is 3.67. The average Bonchev–Trinajstić information content (AvgIpc) is 2.91. The monoisotopic (exact) mass is 358 g/mol. The predicted molar refractivity (Wildman–Crippen MR) is 86.2 cm³/mol. The van der Waals surface area contributed by atoms with E-state index in [1.165, 1.54) is 0 Å². The zero-order chi connectivity index (χ0) is 16.3. The highest BCUT2D eigenvalue weighted by Crippen LogP contribution is 2.67. The molecule has 4 nitrogen and oxygen atoms in total. The van der Waals surface area contributed by atoms with Gasteiger partial charge in [0.2, 0.25) is 5.79 Å². The van der Waals surface area contributed by atoms with Crippen molar-refractivity contribution in [3.05, 3.63) is 35.9 Å². The van der Waals surface area contributed by atoms with Crippen LogP contribution in [0.5, 0.6) is 0 Å². The van der Waals surface area contributed by atoms with E-state index in [2.05, 4.69) is 0 Å². The molecule has 2 heterocycles. The van der Waals surface area contributed by atoms with Crippen LogP contribution in [0.1, 0.15) is 19.4 Å². The maximum atomic E-state index is 6.37. The van der Waals surface area contributed by atoms with Crippen molar-refractivity contribution in [1.29, 1.82) is 0 Å². The first-order valence-electron chi connectivity index (χ1n) is 7.85. The molecule has 0 amide bonds. The molecule has 3 fully saturated rings. The average molecular weight is 359 g/mol. The number of halogens is 2. The first kappa shape index (κ1) is 16.1. The van der Waals surface area contributed by atoms with E-state index in [1.807, 2.05) is 44.2 Å². The van der Waals surface area contributed by atoms with Gasteiger partial charge in [0, 0.05) is 11.8 Å². The molecule has 4 rings (SSSR count). The van der Waals surface area contributed by atoms with Crippen LogP contribution in [0.2, 0.25) is 0 Å². The standard InChI is InChI=1S/C17H20Cl2O4/c1-15(2)22-14-13-12(17(13,18)19)9-21-16(14,23-15)10-20-8-11-6-4-3-5-7-11/h3-7,12-14H,8-10H2,1-2H3/t12-,13-,14+,16+/m1/s1. The highest BCUT2D eigenvalue weighted by molar-refractivity contribution is 6.51. The molecule has 3 aliphatic rings. The molecule has 0 N–H and O–H groups in total. The largest absolute Gasteiger partial charge is 0.371 e. The maximum absolute atomic E-state index is 6.37. The van der Waals surface area contributed by atoms with E-state index in [9.17, 15) is 0 Å². The lowest BCUT2D eigenvalue weighted by Crippen LogP contribution is -2.51. The molecule has 0 bridgehead atoms. The van der Waals surface area contributed by atoms with E-state index in [-0.39, 0.29) is 24.5 Å². The van der Waals surface area contributed by atoms with Crippen molar-refractivity contribution in [2.45, 2.75) is 42.5 Å². The summed E-state index contributed by atoms with van der Waals surface area (Å²) in [7, 11) is 0. The van der Waals surface area contributed by atoms with Gasteiger partial charge < -0.3 is 18.9 Å². The van der Waals surface area contributed by atoms with Gasteiger partial charge in [-0.3, -0.25) is 0 Å². The Kier molecular flexibility index (Phi) is 3.73. The smallest absolute Gasteiger partial charge is 0.222 e. The van der Waals surface area contributed by atoms with Crippen molar-refractivity contribution in [2.75, 3.05) is 13.2 Å². The quantitative estimate of drug-likeness (QED) is 0.771. The number of ether oxygens (including phenoxy) is 4. The molecule has 6 heteroatoms. The van der Waals surface area contributed by atoms with Gasteiger partial charge in [-0.05, 0) is 19.4 Å². The highest BCUT2D eigenvalue weighted by Gasteiger charge is 2.77. The van der Waals surface area contributed by atoms with Crippen LogP contribution in [0, 0.1) is 11.8 Å². The summed E-state index contributed by atoms with van der Waals surface area (Å²) >= 11 is 12.7. The van der Waals surface area contributed by atoms with E-state index >= 15 is 0 Å². The zero-order valence-electron chi connectivity index (χ0n) is 13.1. The van der Waals surface area contributed by atoms with E-state index in [4.69, 9.17) is 42.1 Å². The molecule has 1 aliphatic carbocycles. The number of alkyl halides is 2. The van der Waals surface area contributed by atoms with Gasteiger partial charge in [0.25, 0.3) is 0 Å². The van der Waals surface area contributed by atoms with Crippen molar-refractivity contribution >= 4 is 23.2 Å². The minimum atomic E-state index is -0.940. The van der Waals surface area contributed by atoms with Crippen LogP contribution >= 0.6 is 23.2 Å². The third-order valence-corrected chi connectivity index (χ3v) is 5.84. The minimum Gasteiger partial charge on any atom is -0.371 e. The van der Waals surface area contributed by atoms with Crippen molar-refractivity contribution < 1.29 is 18.9 Å². The zero-order valence-corrected chi connectivity index (χ0v) is 14.6. The van der Waals surface area contributed by atoms with Crippen LogP contribution in [0.3, 0.4) is 0 Å². The predicted octanol–water partition coefficient (Wildman–Crippen LogP) is 3.50. The Morgan fingerprint density at radius 1 is 1.22 bits per heavy atom. The normalized spacial score (nSPS) is 39.6. The molecule has 0 radical (unpaired) electrons. The first-order valence-corrected chi connectivity index (χ1v) is 8.61. The van der Waals surface area contributed by atoms with Gasteiger partial charge in [-0.1, -0.05) is 30.3 Å². The number of fused-ring (bicyclic) bond motifs is 3. The summed E-state index contributed by atoms with van der Waals surface area (Å²) in [5.74, 6) is -1.58. The van der Waals surface area contributed by atoms with Gasteiger partial charge in [0.05, 0.1) is 13.2 Å². The summed E-state index contributed by atoms with van der Waals surface area (Å²) in [5, 5.41) is 0. The molecule has 1 aromatic carbocycles. The number of rotatable bonds is 4. The van der Waals surface area contributed by atoms with Crippen molar-refractivity contribution in [1.82, 2.24) is 0 Å². The highest BCUT2D eigenvalue weighted by atomic mass is 35.5. The van der Waals surface area contributed by atoms with Crippen molar-refractivity contribution in [3.8, 4) is 0 Å². The third kappa shape index (κ3) is 2.70. The van der Waals surface area contributed by atoms with E-state index in [0.717, 1.165) is 5.56 Å². The molecule has 23 heavy (non-hydrogen) atoms. The second kappa shape index (κ2) is 5.32. The van der Waals surface area contributed by atoms with Gasteiger partial charge in [0.1, 0.15) is 17.0 Å². The Morgan fingerprint density at radius 2 is 1.96 bits per heavy atom. The van der Waals surface area contributed by atoms with Crippen LogP contribution in [-0.2, 0) is 25.6 Å². The summed E-state index contributed by atoms with van der Waals surface area (Å²) < 4.78 is 23.2. The minimum absolute atomic E-state index is 0.0154. The molecule has 0 unspecified atom stereocenters. The molecule has 1 aromatic rings.